The van der Waals surface area contributed by atoms with Crippen LogP contribution in [0.4, 0.5) is 0 Å². The van der Waals surface area contributed by atoms with Gasteiger partial charge in [0.15, 0.2) is 0 Å². The molecule has 106 valence electrons. The predicted molar refractivity (Wildman–Crippen MR) is 82.0 cm³/mol. The summed E-state index contributed by atoms with van der Waals surface area (Å²) in [5.41, 5.74) is 4.06. The van der Waals surface area contributed by atoms with E-state index in [4.69, 9.17) is 4.42 Å². The highest BCUT2D eigenvalue weighted by molar-refractivity contribution is 5.35. The first-order valence-electron chi connectivity index (χ1n) is 7.67. The van der Waals surface area contributed by atoms with E-state index in [0.717, 1.165) is 18.2 Å². The maximum absolute atomic E-state index is 5.46. The molecule has 0 aliphatic heterocycles. The van der Waals surface area contributed by atoms with Crippen molar-refractivity contribution in [2.75, 3.05) is 6.54 Å². The topological polar surface area (TPSA) is 25.2 Å². The largest absolute Gasteiger partial charge is 0.469 e. The minimum absolute atomic E-state index is 0.231. The molecular weight excluding hydrogens is 246 g/mol. The maximum Gasteiger partial charge on any atom is 0.105 e. The molecule has 1 aliphatic carbocycles. The lowest BCUT2D eigenvalue weighted by Crippen LogP contribution is -2.22. The second-order valence-electron chi connectivity index (χ2n) is 5.72. The number of nitrogens with one attached hydrogen (secondary N) is 1. The molecule has 0 amide bonds. The zero-order chi connectivity index (χ0) is 13.9. The highest BCUT2D eigenvalue weighted by Gasteiger charge is 2.21. The summed E-state index contributed by atoms with van der Waals surface area (Å²) in [6.45, 7) is 5.12. The SMILES string of the molecule is CCNC(c1ccc(C2CCC2)cc1)c1ccoc1C. The van der Waals surface area contributed by atoms with Gasteiger partial charge < -0.3 is 9.73 Å². The van der Waals surface area contributed by atoms with Crippen molar-refractivity contribution in [1.29, 1.82) is 0 Å². The van der Waals surface area contributed by atoms with E-state index in [0.29, 0.717) is 0 Å². The molecule has 2 nitrogen and oxygen atoms in total. The number of hydrogen-bond acceptors (Lipinski definition) is 2. The second-order valence-corrected chi connectivity index (χ2v) is 5.72. The molecule has 0 saturated heterocycles. The molecule has 0 radical (unpaired) electrons. The average molecular weight is 269 g/mol. The lowest BCUT2D eigenvalue weighted by molar-refractivity contribution is 0.419. The van der Waals surface area contributed by atoms with E-state index >= 15 is 0 Å². The molecule has 1 saturated carbocycles. The summed E-state index contributed by atoms with van der Waals surface area (Å²) in [7, 11) is 0. The van der Waals surface area contributed by atoms with E-state index < -0.39 is 0 Å². The molecule has 1 N–H and O–H groups in total. The summed E-state index contributed by atoms with van der Waals surface area (Å²) in [5, 5.41) is 3.56. The van der Waals surface area contributed by atoms with E-state index in [2.05, 4.69) is 42.6 Å². The fourth-order valence-corrected chi connectivity index (χ4v) is 3.01. The van der Waals surface area contributed by atoms with Crippen LogP contribution in [0.2, 0.25) is 0 Å². The van der Waals surface area contributed by atoms with E-state index in [-0.39, 0.29) is 6.04 Å². The number of furan rings is 1. The second kappa shape index (κ2) is 5.84. The molecule has 2 heteroatoms. The number of aryl methyl sites for hydroxylation is 1. The molecule has 1 heterocycles. The van der Waals surface area contributed by atoms with Gasteiger partial charge in [0.05, 0.1) is 12.3 Å². The zero-order valence-electron chi connectivity index (χ0n) is 12.4. The molecule has 2 aromatic rings. The Bertz CT molecular complexity index is 551. The van der Waals surface area contributed by atoms with Gasteiger partial charge in [0.2, 0.25) is 0 Å². The Labute approximate surface area is 121 Å². The van der Waals surface area contributed by atoms with Crippen molar-refractivity contribution in [1.82, 2.24) is 5.32 Å². The van der Waals surface area contributed by atoms with Crippen LogP contribution in [0.3, 0.4) is 0 Å². The first-order valence-corrected chi connectivity index (χ1v) is 7.67. The van der Waals surface area contributed by atoms with Crippen LogP contribution < -0.4 is 5.32 Å². The minimum atomic E-state index is 0.231. The van der Waals surface area contributed by atoms with Crippen molar-refractivity contribution < 1.29 is 4.42 Å². The quantitative estimate of drug-likeness (QED) is 0.861. The number of benzene rings is 1. The van der Waals surface area contributed by atoms with Crippen molar-refractivity contribution in [3.63, 3.8) is 0 Å². The summed E-state index contributed by atoms with van der Waals surface area (Å²) < 4.78 is 5.46. The molecule has 0 spiro atoms. The Morgan fingerprint density at radius 1 is 1.20 bits per heavy atom. The summed E-state index contributed by atoms with van der Waals surface area (Å²) in [4.78, 5) is 0. The summed E-state index contributed by atoms with van der Waals surface area (Å²) >= 11 is 0. The third-order valence-electron chi connectivity index (χ3n) is 4.46. The maximum atomic E-state index is 5.46. The molecule has 1 unspecified atom stereocenters. The van der Waals surface area contributed by atoms with E-state index in [9.17, 15) is 0 Å². The van der Waals surface area contributed by atoms with Gasteiger partial charge in [-0.1, -0.05) is 37.6 Å². The first kappa shape index (κ1) is 13.4. The Morgan fingerprint density at radius 3 is 2.45 bits per heavy atom. The molecular formula is C18H23NO. The lowest BCUT2D eigenvalue weighted by atomic mass is 9.79. The fraction of sp³-hybridized carbons (Fsp3) is 0.444. The minimum Gasteiger partial charge on any atom is -0.469 e. The van der Waals surface area contributed by atoms with Gasteiger partial charge >= 0.3 is 0 Å². The van der Waals surface area contributed by atoms with Crippen molar-refractivity contribution in [2.24, 2.45) is 0 Å². The van der Waals surface area contributed by atoms with Crippen LogP contribution in [0.15, 0.2) is 41.0 Å². The van der Waals surface area contributed by atoms with Crippen LogP contribution >= 0.6 is 0 Å². The van der Waals surface area contributed by atoms with Crippen molar-refractivity contribution in [3.05, 3.63) is 59.0 Å². The first-order chi connectivity index (χ1) is 9.79. The van der Waals surface area contributed by atoms with Crippen LogP contribution in [0, 0.1) is 6.92 Å². The van der Waals surface area contributed by atoms with Crippen molar-refractivity contribution in [3.8, 4) is 0 Å². The van der Waals surface area contributed by atoms with Gasteiger partial charge in [-0.3, -0.25) is 0 Å². The molecule has 1 aromatic carbocycles. The molecule has 0 bridgehead atoms. The van der Waals surface area contributed by atoms with Gasteiger partial charge in [0, 0.05) is 5.56 Å². The summed E-state index contributed by atoms with van der Waals surface area (Å²) in [5.74, 6) is 1.80. The monoisotopic (exact) mass is 269 g/mol. The van der Waals surface area contributed by atoms with Crippen LogP contribution in [0.25, 0.3) is 0 Å². The molecule has 1 atom stereocenters. The third kappa shape index (κ3) is 2.53. The van der Waals surface area contributed by atoms with Crippen molar-refractivity contribution in [2.45, 2.75) is 45.1 Å². The highest BCUT2D eigenvalue weighted by atomic mass is 16.3. The molecule has 1 aliphatic rings. The average Bonchev–Trinajstić information content (AvgIpc) is 2.81. The standard InChI is InChI=1S/C18H23NO/c1-3-19-18(17-11-12-20-13(17)2)16-9-7-15(8-10-16)14-5-4-6-14/h7-12,14,18-19H,3-6H2,1-2H3. The van der Waals surface area contributed by atoms with Gasteiger partial charge in [-0.15, -0.1) is 0 Å². The van der Waals surface area contributed by atoms with E-state index in [1.54, 1.807) is 6.26 Å². The number of rotatable bonds is 5. The van der Waals surface area contributed by atoms with Crippen LogP contribution in [0.1, 0.15) is 60.6 Å². The fourth-order valence-electron chi connectivity index (χ4n) is 3.01. The van der Waals surface area contributed by atoms with Crippen molar-refractivity contribution >= 4 is 0 Å². The molecule has 1 fully saturated rings. The van der Waals surface area contributed by atoms with Gasteiger partial charge in [0.25, 0.3) is 0 Å². The van der Waals surface area contributed by atoms with Gasteiger partial charge in [-0.25, -0.2) is 0 Å². The smallest absolute Gasteiger partial charge is 0.105 e. The molecule has 20 heavy (non-hydrogen) atoms. The van der Waals surface area contributed by atoms with Crippen LogP contribution in [0.5, 0.6) is 0 Å². The summed E-state index contributed by atoms with van der Waals surface area (Å²) in [6.07, 6.45) is 5.88. The zero-order valence-corrected chi connectivity index (χ0v) is 12.4. The Kier molecular flexibility index (Phi) is 3.93. The van der Waals surface area contributed by atoms with Gasteiger partial charge in [-0.05, 0) is 49.4 Å². The van der Waals surface area contributed by atoms with Gasteiger partial charge in [-0.2, -0.15) is 0 Å². The van der Waals surface area contributed by atoms with Crippen LogP contribution in [-0.4, -0.2) is 6.54 Å². The van der Waals surface area contributed by atoms with E-state index in [1.807, 2.05) is 6.92 Å². The van der Waals surface area contributed by atoms with Gasteiger partial charge in [0.1, 0.15) is 5.76 Å². The molecule has 1 aromatic heterocycles. The Hall–Kier alpha value is -1.54. The Morgan fingerprint density at radius 2 is 1.95 bits per heavy atom. The van der Waals surface area contributed by atoms with Crippen LogP contribution in [-0.2, 0) is 0 Å². The highest BCUT2D eigenvalue weighted by Crippen LogP contribution is 2.37. The number of hydrogen-bond donors (Lipinski definition) is 1. The molecule has 3 rings (SSSR count). The third-order valence-corrected chi connectivity index (χ3v) is 4.46. The van der Waals surface area contributed by atoms with E-state index in [1.165, 1.54) is 36.0 Å². The lowest BCUT2D eigenvalue weighted by Gasteiger charge is -2.26. The normalized spacial score (nSPS) is 16.9. The predicted octanol–water partition coefficient (Wildman–Crippen LogP) is 4.55. The Balaban J connectivity index is 1.85. The summed E-state index contributed by atoms with van der Waals surface area (Å²) in [6, 6.07) is 11.5.